The average molecular weight is 445 g/mol. The predicted octanol–water partition coefficient (Wildman–Crippen LogP) is 6.15. The van der Waals surface area contributed by atoms with Crippen molar-refractivity contribution in [3.05, 3.63) is 83.4 Å². The lowest BCUT2D eigenvalue weighted by Gasteiger charge is -2.18. The molecule has 0 fully saturated rings. The quantitative estimate of drug-likeness (QED) is 0.362. The molecule has 1 heterocycles. The Morgan fingerprint density at radius 3 is 2.56 bits per heavy atom. The Hall–Kier alpha value is -3.51. The molecule has 0 aliphatic heterocycles. The van der Waals surface area contributed by atoms with Crippen LogP contribution in [-0.4, -0.2) is 23.0 Å². The van der Waals surface area contributed by atoms with Crippen LogP contribution in [0.25, 0.3) is 20.8 Å². The lowest BCUT2D eigenvalue weighted by Crippen LogP contribution is -2.32. The molecule has 0 saturated heterocycles. The van der Waals surface area contributed by atoms with Crippen LogP contribution in [0.5, 0.6) is 0 Å². The molecule has 0 saturated carbocycles. The SMILES string of the molecule is CCC(OC(=O)c1ccccc1-c1nc2ccccc2s1)C(=O)Nc1cc(C)ccc1C. The number of ether oxygens (including phenoxy) is 1. The van der Waals surface area contributed by atoms with Crippen molar-refractivity contribution >= 4 is 39.1 Å². The maximum absolute atomic E-state index is 13.1. The van der Waals surface area contributed by atoms with E-state index in [9.17, 15) is 9.59 Å². The summed E-state index contributed by atoms with van der Waals surface area (Å²) in [6.45, 7) is 5.71. The Kier molecular flexibility index (Phi) is 6.32. The van der Waals surface area contributed by atoms with Gasteiger partial charge in [0.2, 0.25) is 0 Å². The van der Waals surface area contributed by atoms with Crippen molar-refractivity contribution in [3.63, 3.8) is 0 Å². The monoisotopic (exact) mass is 444 g/mol. The average Bonchev–Trinajstić information content (AvgIpc) is 3.24. The van der Waals surface area contributed by atoms with E-state index in [1.807, 2.05) is 75.4 Å². The smallest absolute Gasteiger partial charge is 0.339 e. The number of benzene rings is 3. The molecule has 1 N–H and O–H groups in total. The standard InChI is InChI=1S/C26H24N2O3S/c1-4-22(24(29)27-21-15-16(2)13-14-17(21)3)31-26(30)19-10-6-5-9-18(19)25-28-20-11-7-8-12-23(20)32-25/h5-15,22H,4H2,1-3H3,(H,27,29). The third-order valence-corrected chi connectivity index (χ3v) is 6.30. The summed E-state index contributed by atoms with van der Waals surface area (Å²) in [4.78, 5) is 30.6. The molecule has 1 atom stereocenters. The summed E-state index contributed by atoms with van der Waals surface area (Å²) >= 11 is 1.52. The second-order valence-electron chi connectivity index (χ2n) is 7.64. The topological polar surface area (TPSA) is 68.3 Å². The van der Waals surface area contributed by atoms with Crippen LogP contribution in [0.4, 0.5) is 5.69 Å². The summed E-state index contributed by atoms with van der Waals surface area (Å²) in [5.74, 6) is -0.880. The molecule has 1 unspecified atom stereocenters. The van der Waals surface area contributed by atoms with Gasteiger partial charge in [-0.05, 0) is 55.7 Å². The van der Waals surface area contributed by atoms with Crippen molar-refractivity contribution in [2.75, 3.05) is 5.32 Å². The molecular weight excluding hydrogens is 420 g/mol. The maximum atomic E-state index is 13.1. The van der Waals surface area contributed by atoms with Crippen molar-refractivity contribution in [2.24, 2.45) is 0 Å². The van der Waals surface area contributed by atoms with E-state index in [-0.39, 0.29) is 5.91 Å². The Bertz CT molecular complexity index is 1260. The van der Waals surface area contributed by atoms with Gasteiger partial charge in [-0.2, -0.15) is 0 Å². The number of amides is 1. The number of esters is 1. The third kappa shape index (κ3) is 4.55. The number of thiazole rings is 1. The zero-order valence-corrected chi connectivity index (χ0v) is 19.0. The fourth-order valence-electron chi connectivity index (χ4n) is 3.43. The number of nitrogens with one attached hydrogen (secondary N) is 1. The van der Waals surface area contributed by atoms with Gasteiger partial charge in [-0.25, -0.2) is 9.78 Å². The minimum Gasteiger partial charge on any atom is -0.449 e. The summed E-state index contributed by atoms with van der Waals surface area (Å²) in [7, 11) is 0. The van der Waals surface area contributed by atoms with Gasteiger partial charge in [0.25, 0.3) is 5.91 Å². The summed E-state index contributed by atoms with van der Waals surface area (Å²) in [6, 6.07) is 20.9. The number of hydrogen-bond donors (Lipinski definition) is 1. The number of carbonyl (C=O) groups excluding carboxylic acids is 2. The van der Waals surface area contributed by atoms with E-state index < -0.39 is 12.1 Å². The highest BCUT2D eigenvalue weighted by molar-refractivity contribution is 7.21. The number of nitrogens with zero attached hydrogens (tertiary/aromatic N) is 1. The van der Waals surface area contributed by atoms with Crippen molar-refractivity contribution in [1.29, 1.82) is 0 Å². The van der Waals surface area contributed by atoms with Crippen molar-refractivity contribution < 1.29 is 14.3 Å². The molecule has 0 spiro atoms. The maximum Gasteiger partial charge on any atom is 0.339 e. The molecular formula is C26H24N2O3S. The largest absolute Gasteiger partial charge is 0.449 e. The Morgan fingerprint density at radius 1 is 1.03 bits per heavy atom. The van der Waals surface area contributed by atoms with Crippen LogP contribution < -0.4 is 5.32 Å². The molecule has 5 nitrogen and oxygen atoms in total. The van der Waals surface area contributed by atoms with E-state index in [1.54, 1.807) is 12.1 Å². The van der Waals surface area contributed by atoms with E-state index in [0.717, 1.165) is 32.0 Å². The number of hydrogen-bond acceptors (Lipinski definition) is 5. The highest BCUT2D eigenvalue weighted by Crippen LogP contribution is 2.32. The third-order valence-electron chi connectivity index (χ3n) is 5.23. The molecule has 1 amide bonds. The first-order valence-corrected chi connectivity index (χ1v) is 11.3. The van der Waals surface area contributed by atoms with Gasteiger partial charge >= 0.3 is 5.97 Å². The van der Waals surface area contributed by atoms with Gasteiger partial charge in [-0.1, -0.05) is 49.4 Å². The van der Waals surface area contributed by atoms with Crippen molar-refractivity contribution in [3.8, 4) is 10.6 Å². The van der Waals surface area contributed by atoms with Crippen molar-refractivity contribution in [2.45, 2.75) is 33.3 Å². The van der Waals surface area contributed by atoms with E-state index in [4.69, 9.17) is 4.74 Å². The Labute approximate surface area is 191 Å². The lowest BCUT2D eigenvalue weighted by molar-refractivity contribution is -0.124. The predicted molar refractivity (Wildman–Crippen MR) is 129 cm³/mol. The second kappa shape index (κ2) is 9.32. The first-order chi connectivity index (χ1) is 15.5. The summed E-state index contributed by atoms with van der Waals surface area (Å²) in [6.07, 6.45) is -0.531. The summed E-state index contributed by atoms with van der Waals surface area (Å²) < 4.78 is 6.70. The van der Waals surface area contributed by atoms with Crippen LogP contribution in [0.15, 0.2) is 66.7 Å². The minimum atomic E-state index is -0.897. The van der Waals surface area contributed by atoms with Gasteiger partial charge < -0.3 is 10.1 Å². The zero-order valence-electron chi connectivity index (χ0n) is 18.2. The van der Waals surface area contributed by atoms with Crippen molar-refractivity contribution in [1.82, 2.24) is 4.98 Å². The van der Waals surface area contributed by atoms with Crippen LogP contribution in [0, 0.1) is 13.8 Å². The van der Waals surface area contributed by atoms with Gasteiger partial charge in [0.15, 0.2) is 6.10 Å². The summed E-state index contributed by atoms with van der Waals surface area (Å²) in [5, 5.41) is 3.64. The fourth-order valence-corrected chi connectivity index (χ4v) is 4.44. The number of anilines is 1. The molecule has 0 bridgehead atoms. The van der Waals surface area contributed by atoms with Crippen LogP contribution in [0.1, 0.15) is 34.8 Å². The highest BCUT2D eigenvalue weighted by atomic mass is 32.1. The fraction of sp³-hybridized carbons (Fsp3) is 0.192. The molecule has 6 heteroatoms. The van der Waals surface area contributed by atoms with E-state index in [0.29, 0.717) is 17.5 Å². The number of rotatable bonds is 6. The molecule has 0 aliphatic rings. The Balaban J connectivity index is 1.56. The van der Waals surface area contributed by atoms with Gasteiger partial charge in [-0.3, -0.25) is 4.79 Å². The number of aromatic nitrogens is 1. The van der Waals surface area contributed by atoms with Gasteiger partial charge in [0, 0.05) is 11.3 Å². The van der Waals surface area contributed by atoms with Gasteiger partial charge in [-0.15, -0.1) is 11.3 Å². The first-order valence-electron chi connectivity index (χ1n) is 10.5. The van der Waals surface area contributed by atoms with Gasteiger partial charge in [0.1, 0.15) is 5.01 Å². The van der Waals surface area contributed by atoms with E-state index >= 15 is 0 Å². The number of para-hydroxylation sites is 1. The second-order valence-corrected chi connectivity index (χ2v) is 8.67. The molecule has 32 heavy (non-hydrogen) atoms. The van der Waals surface area contributed by atoms with E-state index in [2.05, 4.69) is 10.3 Å². The molecule has 4 rings (SSSR count). The molecule has 3 aromatic carbocycles. The molecule has 4 aromatic rings. The number of fused-ring (bicyclic) bond motifs is 1. The first kappa shape index (κ1) is 21.7. The molecule has 1 aromatic heterocycles. The normalized spacial score (nSPS) is 11.8. The van der Waals surface area contributed by atoms with Crippen LogP contribution in [0.3, 0.4) is 0 Å². The molecule has 162 valence electrons. The highest BCUT2D eigenvalue weighted by Gasteiger charge is 2.25. The van der Waals surface area contributed by atoms with Gasteiger partial charge in [0.05, 0.1) is 15.8 Å². The summed E-state index contributed by atoms with van der Waals surface area (Å²) in [5.41, 5.74) is 4.69. The Morgan fingerprint density at radius 2 is 1.78 bits per heavy atom. The van der Waals surface area contributed by atoms with E-state index in [1.165, 1.54) is 11.3 Å². The zero-order chi connectivity index (χ0) is 22.7. The van der Waals surface area contributed by atoms with Crippen LogP contribution in [-0.2, 0) is 9.53 Å². The number of carbonyl (C=O) groups is 2. The molecule has 0 aliphatic carbocycles. The van der Waals surface area contributed by atoms with Crippen LogP contribution in [0.2, 0.25) is 0 Å². The molecule has 0 radical (unpaired) electrons. The minimum absolute atomic E-state index is 0.341. The number of aryl methyl sites for hydroxylation is 2. The van der Waals surface area contributed by atoms with Crippen LogP contribution >= 0.6 is 11.3 Å². The lowest BCUT2D eigenvalue weighted by atomic mass is 10.1.